The van der Waals surface area contributed by atoms with Crippen molar-refractivity contribution in [3.8, 4) is 0 Å². The third-order valence-corrected chi connectivity index (χ3v) is 3.37. The fraction of sp³-hybridized carbons (Fsp3) is 0.500. The molecule has 0 bridgehead atoms. The molecule has 1 heterocycles. The van der Waals surface area contributed by atoms with Crippen LogP contribution in [0.5, 0.6) is 0 Å². The standard InChI is InChI=1S/C12H16N2O/c13-9-12(4-2-5-12)7-11(15)10-3-1-6-14-8-10/h1,3,6,8H,2,4-5,7,9,13H2. The predicted molar refractivity (Wildman–Crippen MR) is 58.5 cm³/mol. The normalized spacial score (nSPS) is 18.2. The Morgan fingerprint density at radius 2 is 2.33 bits per heavy atom. The monoisotopic (exact) mass is 204 g/mol. The van der Waals surface area contributed by atoms with Gasteiger partial charge in [-0.15, -0.1) is 0 Å². The molecular formula is C12H16N2O. The van der Waals surface area contributed by atoms with Gasteiger partial charge in [0.2, 0.25) is 0 Å². The second-order valence-corrected chi connectivity index (χ2v) is 4.40. The molecule has 0 aromatic carbocycles. The number of pyridine rings is 1. The van der Waals surface area contributed by atoms with Crippen LogP contribution in [0.1, 0.15) is 36.0 Å². The number of carbonyl (C=O) groups is 1. The van der Waals surface area contributed by atoms with Crippen LogP contribution in [0, 0.1) is 5.41 Å². The van der Waals surface area contributed by atoms with E-state index in [2.05, 4.69) is 4.98 Å². The molecule has 1 aliphatic carbocycles. The van der Waals surface area contributed by atoms with E-state index in [4.69, 9.17) is 5.73 Å². The average Bonchev–Trinajstić information content (AvgIpc) is 2.24. The van der Waals surface area contributed by atoms with Gasteiger partial charge >= 0.3 is 0 Å². The molecule has 0 saturated heterocycles. The van der Waals surface area contributed by atoms with Crippen LogP contribution in [0.25, 0.3) is 0 Å². The number of carbonyl (C=O) groups excluding carboxylic acids is 1. The van der Waals surface area contributed by atoms with E-state index in [1.807, 2.05) is 6.07 Å². The first-order valence-electron chi connectivity index (χ1n) is 5.39. The largest absolute Gasteiger partial charge is 0.330 e. The second kappa shape index (κ2) is 4.11. The Kier molecular flexibility index (Phi) is 2.82. The first-order chi connectivity index (χ1) is 7.26. The van der Waals surface area contributed by atoms with Gasteiger partial charge in [-0.05, 0) is 36.9 Å². The average molecular weight is 204 g/mol. The van der Waals surface area contributed by atoms with Gasteiger partial charge in [-0.25, -0.2) is 0 Å². The van der Waals surface area contributed by atoms with Gasteiger partial charge in [0.05, 0.1) is 0 Å². The van der Waals surface area contributed by atoms with Gasteiger partial charge < -0.3 is 5.73 Å². The number of ketones is 1. The van der Waals surface area contributed by atoms with Crippen LogP contribution in [0.2, 0.25) is 0 Å². The number of hydrogen-bond acceptors (Lipinski definition) is 3. The van der Waals surface area contributed by atoms with Crippen LogP contribution in [0.4, 0.5) is 0 Å². The Morgan fingerprint density at radius 3 is 2.80 bits per heavy atom. The van der Waals surface area contributed by atoms with E-state index >= 15 is 0 Å². The van der Waals surface area contributed by atoms with E-state index in [1.54, 1.807) is 18.5 Å². The van der Waals surface area contributed by atoms with Crippen molar-refractivity contribution in [3.63, 3.8) is 0 Å². The molecule has 0 amide bonds. The van der Waals surface area contributed by atoms with Crippen LogP contribution >= 0.6 is 0 Å². The van der Waals surface area contributed by atoms with Gasteiger partial charge in [0, 0.05) is 24.4 Å². The van der Waals surface area contributed by atoms with E-state index in [-0.39, 0.29) is 11.2 Å². The molecule has 80 valence electrons. The zero-order valence-corrected chi connectivity index (χ0v) is 8.78. The fourth-order valence-corrected chi connectivity index (χ4v) is 2.10. The highest BCUT2D eigenvalue weighted by molar-refractivity contribution is 5.96. The number of hydrogen-bond donors (Lipinski definition) is 1. The molecule has 0 unspecified atom stereocenters. The van der Waals surface area contributed by atoms with Gasteiger partial charge in [-0.2, -0.15) is 0 Å². The lowest BCUT2D eigenvalue weighted by Gasteiger charge is -2.40. The summed E-state index contributed by atoms with van der Waals surface area (Å²) in [6.07, 6.45) is 7.28. The summed E-state index contributed by atoms with van der Waals surface area (Å²) in [5.41, 5.74) is 6.52. The summed E-state index contributed by atoms with van der Waals surface area (Å²) in [7, 11) is 0. The summed E-state index contributed by atoms with van der Waals surface area (Å²) in [6, 6.07) is 3.61. The molecular weight excluding hydrogens is 188 g/mol. The summed E-state index contributed by atoms with van der Waals surface area (Å²) >= 11 is 0. The van der Waals surface area contributed by atoms with E-state index in [0.717, 1.165) is 12.8 Å². The van der Waals surface area contributed by atoms with Crippen molar-refractivity contribution in [2.75, 3.05) is 6.54 Å². The number of nitrogens with zero attached hydrogens (tertiary/aromatic N) is 1. The summed E-state index contributed by atoms with van der Waals surface area (Å²) in [4.78, 5) is 15.9. The number of Topliss-reactive ketones (excluding diaryl/α,β-unsaturated/α-hetero) is 1. The van der Waals surface area contributed by atoms with Crippen molar-refractivity contribution < 1.29 is 4.79 Å². The zero-order chi connectivity index (χ0) is 10.7. The minimum Gasteiger partial charge on any atom is -0.330 e. The number of rotatable bonds is 4. The zero-order valence-electron chi connectivity index (χ0n) is 8.78. The predicted octanol–water partition coefficient (Wildman–Crippen LogP) is 1.78. The van der Waals surface area contributed by atoms with Gasteiger partial charge in [-0.3, -0.25) is 9.78 Å². The van der Waals surface area contributed by atoms with Gasteiger partial charge in [0.25, 0.3) is 0 Å². The molecule has 15 heavy (non-hydrogen) atoms. The number of nitrogens with two attached hydrogens (primary N) is 1. The van der Waals surface area contributed by atoms with Crippen LogP contribution in [0.15, 0.2) is 24.5 Å². The van der Waals surface area contributed by atoms with Crippen molar-refractivity contribution in [2.24, 2.45) is 11.1 Å². The maximum atomic E-state index is 11.9. The van der Waals surface area contributed by atoms with E-state index < -0.39 is 0 Å². The highest BCUT2D eigenvalue weighted by Crippen LogP contribution is 2.43. The second-order valence-electron chi connectivity index (χ2n) is 4.40. The molecule has 0 atom stereocenters. The van der Waals surface area contributed by atoms with Crippen molar-refractivity contribution in [1.29, 1.82) is 0 Å². The first kappa shape index (κ1) is 10.3. The molecule has 1 aromatic rings. The van der Waals surface area contributed by atoms with Crippen LogP contribution in [-0.2, 0) is 0 Å². The summed E-state index contributed by atoms with van der Waals surface area (Å²) < 4.78 is 0. The van der Waals surface area contributed by atoms with E-state index in [1.165, 1.54) is 6.42 Å². The highest BCUT2D eigenvalue weighted by atomic mass is 16.1. The molecule has 1 fully saturated rings. The third kappa shape index (κ3) is 2.07. The first-order valence-corrected chi connectivity index (χ1v) is 5.39. The molecule has 0 spiro atoms. The van der Waals surface area contributed by atoms with E-state index in [9.17, 15) is 4.79 Å². The smallest absolute Gasteiger partial charge is 0.165 e. The molecule has 0 radical (unpaired) electrons. The molecule has 3 nitrogen and oxygen atoms in total. The lowest BCUT2D eigenvalue weighted by atomic mass is 9.65. The van der Waals surface area contributed by atoms with E-state index in [0.29, 0.717) is 18.5 Å². The molecule has 3 heteroatoms. The molecule has 1 aromatic heterocycles. The lowest BCUT2D eigenvalue weighted by molar-refractivity contribution is 0.0785. The number of aromatic nitrogens is 1. The molecule has 0 aliphatic heterocycles. The summed E-state index contributed by atoms with van der Waals surface area (Å²) in [5, 5.41) is 0. The Bertz CT molecular complexity index is 338. The maximum Gasteiger partial charge on any atom is 0.165 e. The molecule has 1 saturated carbocycles. The van der Waals surface area contributed by atoms with Crippen LogP contribution < -0.4 is 5.73 Å². The van der Waals surface area contributed by atoms with Gasteiger partial charge in [-0.1, -0.05) is 6.42 Å². The van der Waals surface area contributed by atoms with Crippen molar-refractivity contribution in [2.45, 2.75) is 25.7 Å². The quantitative estimate of drug-likeness (QED) is 0.761. The Balaban J connectivity index is 2.04. The summed E-state index contributed by atoms with van der Waals surface area (Å²) in [5.74, 6) is 0.174. The topological polar surface area (TPSA) is 56.0 Å². The van der Waals surface area contributed by atoms with Crippen molar-refractivity contribution in [3.05, 3.63) is 30.1 Å². The van der Waals surface area contributed by atoms with Crippen LogP contribution in [0.3, 0.4) is 0 Å². The minimum absolute atomic E-state index is 0.0902. The van der Waals surface area contributed by atoms with Crippen molar-refractivity contribution in [1.82, 2.24) is 4.98 Å². The molecule has 1 aliphatic rings. The minimum atomic E-state index is 0.0902. The van der Waals surface area contributed by atoms with Crippen LogP contribution in [-0.4, -0.2) is 17.3 Å². The van der Waals surface area contributed by atoms with Crippen molar-refractivity contribution >= 4 is 5.78 Å². The highest BCUT2D eigenvalue weighted by Gasteiger charge is 2.37. The third-order valence-electron chi connectivity index (χ3n) is 3.37. The molecule has 2 rings (SSSR count). The lowest BCUT2D eigenvalue weighted by Crippen LogP contribution is -2.39. The summed E-state index contributed by atoms with van der Waals surface area (Å²) in [6.45, 7) is 0.624. The Morgan fingerprint density at radius 1 is 1.53 bits per heavy atom. The molecule has 2 N–H and O–H groups in total. The Hall–Kier alpha value is -1.22. The van der Waals surface area contributed by atoms with Gasteiger partial charge in [0.1, 0.15) is 0 Å². The SMILES string of the molecule is NCC1(CC(=O)c2cccnc2)CCC1. The maximum absolute atomic E-state index is 11.9. The van der Waals surface area contributed by atoms with Gasteiger partial charge in [0.15, 0.2) is 5.78 Å². The Labute approximate surface area is 89.7 Å². The fourth-order valence-electron chi connectivity index (χ4n) is 2.10.